The highest BCUT2D eigenvalue weighted by Crippen LogP contribution is 2.23. The van der Waals surface area contributed by atoms with Crippen molar-refractivity contribution in [3.63, 3.8) is 0 Å². The van der Waals surface area contributed by atoms with Crippen LogP contribution in [0.4, 0.5) is 0 Å². The Morgan fingerprint density at radius 3 is 2.44 bits per heavy atom. The van der Waals surface area contributed by atoms with Crippen molar-refractivity contribution in [3.8, 4) is 0 Å². The first-order valence-corrected chi connectivity index (χ1v) is 7.37. The van der Waals surface area contributed by atoms with Crippen LogP contribution >= 0.6 is 0 Å². The van der Waals surface area contributed by atoms with Crippen molar-refractivity contribution in [1.82, 2.24) is 10.2 Å². The molecule has 2 fully saturated rings. The van der Waals surface area contributed by atoms with E-state index in [0.717, 1.165) is 12.1 Å². The lowest BCUT2D eigenvalue weighted by Crippen LogP contribution is -2.34. The second-order valence-corrected chi connectivity index (χ2v) is 5.50. The minimum Gasteiger partial charge on any atom is -0.314 e. The molecule has 0 bridgehead atoms. The van der Waals surface area contributed by atoms with Gasteiger partial charge in [0.2, 0.25) is 0 Å². The predicted octanol–water partition coefficient (Wildman–Crippen LogP) is 2.78. The van der Waals surface area contributed by atoms with Gasteiger partial charge >= 0.3 is 0 Å². The molecule has 94 valence electrons. The van der Waals surface area contributed by atoms with Gasteiger partial charge in [0.1, 0.15) is 0 Å². The van der Waals surface area contributed by atoms with Gasteiger partial charge in [0.25, 0.3) is 0 Å². The van der Waals surface area contributed by atoms with E-state index in [1.165, 1.54) is 71.0 Å². The molecule has 0 atom stereocenters. The fourth-order valence-corrected chi connectivity index (χ4v) is 2.90. The molecule has 0 aliphatic heterocycles. The molecular weight excluding hydrogens is 196 g/mol. The monoisotopic (exact) mass is 224 g/mol. The van der Waals surface area contributed by atoms with E-state index < -0.39 is 0 Å². The summed E-state index contributed by atoms with van der Waals surface area (Å²) in [5.41, 5.74) is 0. The van der Waals surface area contributed by atoms with Crippen LogP contribution in [0.1, 0.15) is 58.3 Å². The van der Waals surface area contributed by atoms with Crippen molar-refractivity contribution < 1.29 is 0 Å². The highest BCUT2D eigenvalue weighted by Gasteiger charge is 2.21. The maximum Gasteiger partial charge on any atom is 0.00951 e. The molecule has 16 heavy (non-hydrogen) atoms. The summed E-state index contributed by atoms with van der Waals surface area (Å²) in [6, 6.07) is 1.80. The summed E-state index contributed by atoms with van der Waals surface area (Å²) in [7, 11) is 0. The molecule has 2 heteroatoms. The summed E-state index contributed by atoms with van der Waals surface area (Å²) in [6.45, 7) is 6.14. The highest BCUT2D eigenvalue weighted by molar-refractivity contribution is 4.80. The maximum atomic E-state index is 3.60. The minimum absolute atomic E-state index is 0.886. The van der Waals surface area contributed by atoms with Gasteiger partial charge < -0.3 is 10.2 Å². The van der Waals surface area contributed by atoms with Gasteiger partial charge in [0, 0.05) is 12.1 Å². The summed E-state index contributed by atoms with van der Waals surface area (Å²) in [5.74, 6) is 0. The number of hydrogen-bond acceptors (Lipinski definition) is 2. The lowest BCUT2D eigenvalue weighted by molar-refractivity contribution is 0.205. The Hall–Kier alpha value is -0.0800. The third-order valence-electron chi connectivity index (χ3n) is 4.13. The first-order chi connectivity index (χ1) is 7.90. The Balaban J connectivity index is 1.51. The lowest BCUT2D eigenvalue weighted by Gasteiger charge is -2.27. The Bertz CT molecular complexity index is 183. The molecule has 2 saturated carbocycles. The molecule has 0 aromatic rings. The van der Waals surface area contributed by atoms with Gasteiger partial charge in [-0.3, -0.25) is 0 Å². The van der Waals surface area contributed by atoms with Crippen LogP contribution in [0.3, 0.4) is 0 Å². The zero-order valence-electron chi connectivity index (χ0n) is 10.9. The lowest BCUT2D eigenvalue weighted by atomic mass is 10.2. The van der Waals surface area contributed by atoms with Crippen molar-refractivity contribution in [2.75, 3.05) is 19.6 Å². The normalized spacial score (nSPS) is 22.1. The number of rotatable bonds is 8. The van der Waals surface area contributed by atoms with E-state index in [2.05, 4.69) is 17.1 Å². The van der Waals surface area contributed by atoms with Gasteiger partial charge in [0.15, 0.2) is 0 Å². The molecule has 0 unspecified atom stereocenters. The SMILES string of the molecule is CCN(CCCCNC1CC1)C1CCCC1. The molecule has 0 radical (unpaired) electrons. The van der Waals surface area contributed by atoms with E-state index in [9.17, 15) is 0 Å². The average Bonchev–Trinajstić information content (AvgIpc) is 2.97. The summed E-state index contributed by atoms with van der Waals surface area (Å²) in [6.07, 6.45) is 11.4. The van der Waals surface area contributed by atoms with Gasteiger partial charge in [-0.2, -0.15) is 0 Å². The quantitative estimate of drug-likeness (QED) is 0.638. The van der Waals surface area contributed by atoms with E-state index >= 15 is 0 Å². The van der Waals surface area contributed by atoms with Crippen LogP contribution in [0.25, 0.3) is 0 Å². The Labute approximate surface area is 101 Å². The van der Waals surface area contributed by atoms with E-state index in [0.29, 0.717) is 0 Å². The fourth-order valence-electron chi connectivity index (χ4n) is 2.90. The van der Waals surface area contributed by atoms with E-state index in [1.54, 1.807) is 0 Å². The molecule has 0 spiro atoms. The second kappa shape index (κ2) is 6.61. The van der Waals surface area contributed by atoms with Crippen molar-refractivity contribution in [2.24, 2.45) is 0 Å². The van der Waals surface area contributed by atoms with Crippen LogP contribution in [-0.4, -0.2) is 36.6 Å². The Kier molecular flexibility index (Phi) is 5.11. The third kappa shape index (κ3) is 4.06. The number of nitrogens with zero attached hydrogens (tertiary/aromatic N) is 1. The van der Waals surface area contributed by atoms with E-state index in [1.807, 2.05) is 0 Å². The van der Waals surface area contributed by atoms with Crippen LogP contribution in [0.5, 0.6) is 0 Å². The molecular formula is C14H28N2. The van der Waals surface area contributed by atoms with E-state index in [4.69, 9.17) is 0 Å². The van der Waals surface area contributed by atoms with Crippen molar-refractivity contribution in [3.05, 3.63) is 0 Å². The highest BCUT2D eigenvalue weighted by atomic mass is 15.1. The molecule has 2 nitrogen and oxygen atoms in total. The first-order valence-electron chi connectivity index (χ1n) is 7.37. The molecule has 0 aromatic heterocycles. The maximum absolute atomic E-state index is 3.60. The third-order valence-corrected chi connectivity index (χ3v) is 4.13. The second-order valence-electron chi connectivity index (χ2n) is 5.50. The summed E-state index contributed by atoms with van der Waals surface area (Å²) < 4.78 is 0. The van der Waals surface area contributed by atoms with Gasteiger partial charge in [-0.1, -0.05) is 19.8 Å². The minimum atomic E-state index is 0.886. The van der Waals surface area contributed by atoms with Crippen LogP contribution in [0.15, 0.2) is 0 Å². The zero-order chi connectivity index (χ0) is 11.2. The van der Waals surface area contributed by atoms with Gasteiger partial charge in [0.05, 0.1) is 0 Å². The molecule has 0 aromatic carbocycles. The standard InChI is InChI=1S/C14H28N2/c1-2-16(14-7-3-4-8-14)12-6-5-11-15-13-9-10-13/h13-15H,2-12H2,1H3. The van der Waals surface area contributed by atoms with Crippen molar-refractivity contribution in [2.45, 2.75) is 70.4 Å². The largest absolute Gasteiger partial charge is 0.314 e. The molecule has 0 saturated heterocycles. The number of nitrogens with one attached hydrogen (secondary N) is 1. The molecule has 2 aliphatic rings. The van der Waals surface area contributed by atoms with Gasteiger partial charge in [-0.05, 0) is 58.2 Å². The Morgan fingerprint density at radius 2 is 1.81 bits per heavy atom. The Morgan fingerprint density at radius 1 is 1.06 bits per heavy atom. The van der Waals surface area contributed by atoms with Crippen LogP contribution < -0.4 is 5.32 Å². The molecule has 0 heterocycles. The molecule has 2 rings (SSSR count). The summed E-state index contributed by atoms with van der Waals surface area (Å²) in [5, 5.41) is 3.60. The molecule has 2 aliphatic carbocycles. The molecule has 1 N–H and O–H groups in total. The summed E-state index contributed by atoms with van der Waals surface area (Å²) >= 11 is 0. The van der Waals surface area contributed by atoms with E-state index in [-0.39, 0.29) is 0 Å². The number of unbranched alkanes of at least 4 members (excludes halogenated alkanes) is 1. The zero-order valence-corrected chi connectivity index (χ0v) is 10.9. The van der Waals surface area contributed by atoms with Crippen molar-refractivity contribution >= 4 is 0 Å². The topological polar surface area (TPSA) is 15.3 Å². The van der Waals surface area contributed by atoms with Gasteiger partial charge in [-0.25, -0.2) is 0 Å². The van der Waals surface area contributed by atoms with Gasteiger partial charge in [-0.15, -0.1) is 0 Å². The van der Waals surface area contributed by atoms with Crippen LogP contribution in [-0.2, 0) is 0 Å². The number of hydrogen-bond donors (Lipinski definition) is 1. The smallest absolute Gasteiger partial charge is 0.00951 e. The average molecular weight is 224 g/mol. The predicted molar refractivity (Wildman–Crippen MR) is 69.8 cm³/mol. The van der Waals surface area contributed by atoms with Crippen LogP contribution in [0.2, 0.25) is 0 Å². The first kappa shape index (κ1) is 12.4. The summed E-state index contributed by atoms with van der Waals surface area (Å²) in [4.78, 5) is 2.71. The fraction of sp³-hybridized carbons (Fsp3) is 1.00. The van der Waals surface area contributed by atoms with Crippen molar-refractivity contribution in [1.29, 1.82) is 0 Å². The molecule has 0 amide bonds. The van der Waals surface area contributed by atoms with Crippen LogP contribution in [0, 0.1) is 0 Å².